The Balaban J connectivity index is 1.81. The van der Waals surface area contributed by atoms with Gasteiger partial charge in [0, 0.05) is 26.3 Å². The van der Waals surface area contributed by atoms with E-state index in [-0.39, 0.29) is 11.3 Å². The molecule has 0 aliphatic carbocycles. The summed E-state index contributed by atoms with van der Waals surface area (Å²) < 4.78 is 5.59. The highest BCUT2D eigenvalue weighted by atomic mass is 16.5. The van der Waals surface area contributed by atoms with Crippen molar-refractivity contribution in [3.05, 3.63) is 59.2 Å². The molecule has 4 nitrogen and oxygen atoms in total. The number of carbonyl (C=O) groups is 1. The van der Waals surface area contributed by atoms with Gasteiger partial charge >= 0.3 is 0 Å². The smallest absolute Gasteiger partial charge is 0.226 e. The van der Waals surface area contributed by atoms with Crippen LogP contribution in [0.1, 0.15) is 29.5 Å². The van der Waals surface area contributed by atoms with Gasteiger partial charge in [0.1, 0.15) is 0 Å². The maximum atomic E-state index is 13.2. The summed E-state index contributed by atoms with van der Waals surface area (Å²) in [7, 11) is 4.05. The lowest BCUT2D eigenvalue weighted by Crippen LogP contribution is -2.47. The second-order valence-corrected chi connectivity index (χ2v) is 8.71. The largest absolute Gasteiger partial charge is 0.381 e. The molecule has 0 radical (unpaired) electrons. The summed E-state index contributed by atoms with van der Waals surface area (Å²) in [5, 5.41) is 3.17. The van der Waals surface area contributed by atoms with Crippen LogP contribution in [0, 0.1) is 19.3 Å². The van der Waals surface area contributed by atoms with Crippen molar-refractivity contribution in [3.8, 4) is 11.1 Å². The van der Waals surface area contributed by atoms with Crippen LogP contribution in [0.25, 0.3) is 11.1 Å². The molecule has 4 heteroatoms. The molecule has 0 unspecified atom stereocenters. The highest BCUT2D eigenvalue weighted by Gasteiger charge is 2.39. The van der Waals surface area contributed by atoms with E-state index < -0.39 is 0 Å². The zero-order valence-corrected chi connectivity index (χ0v) is 18.3. The summed E-state index contributed by atoms with van der Waals surface area (Å²) >= 11 is 0. The molecule has 0 atom stereocenters. The number of likely N-dealkylation sites (N-methyl/N-ethyl adjacent to an activating group) is 1. The van der Waals surface area contributed by atoms with Gasteiger partial charge in [-0.25, -0.2) is 0 Å². The van der Waals surface area contributed by atoms with E-state index in [1.807, 2.05) is 14.1 Å². The van der Waals surface area contributed by atoms with Crippen molar-refractivity contribution in [2.45, 2.75) is 33.1 Å². The van der Waals surface area contributed by atoms with Crippen LogP contribution in [-0.2, 0) is 16.0 Å². The first-order chi connectivity index (χ1) is 13.9. The van der Waals surface area contributed by atoms with Gasteiger partial charge in [-0.2, -0.15) is 0 Å². The standard InChI is InChI=1S/C25H34N2O2/c1-19-14-20(2)16-23(15-19)22-7-5-6-21(17-22)18-25(8-12-29-13-9-25)24(28)26-10-11-27(3)4/h5-7,14-17H,8-13,18H2,1-4H3,(H,26,28). The van der Waals surface area contributed by atoms with Gasteiger partial charge in [-0.05, 0) is 63.9 Å². The molecule has 0 spiro atoms. The third kappa shape index (κ3) is 5.68. The third-order valence-corrected chi connectivity index (χ3v) is 5.80. The molecule has 0 bridgehead atoms. The molecule has 1 heterocycles. The predicted octanol–water partition coefficient (Wildman–Crippen LogP) is 3.99. The topological polar surface area (TPSA) is 41.6 Å². The van der Waals surface area contributed by atoms with Gasteiger partial charge in [0.05, 0.1) is 5.41 Å². The number of carbonyl (C=O) groups excluding carboxylic acids is 1. The molecule has 2 aromatic carbocycles. The molecular formula is C25H34N2O2. The molecule has 1 aliphatic heterocycles. The van der Waals surface area contributed by atoms with E-state index in [0.29, 0.717) is 19.8 Å². The number of benzene rings is 2. The molecule has 0 aromatic heterocycles. The number of aryl methyl sites for hydroxylation is 2. The van der Waals surface area contributed by atoms with Crippen LogP contribution in [0.15, 0.2) is 42.5 Å². The van der Waals surface area contributed by atoms with Crippen LogP contribution in [0.5, 0.6) is 0 Å². The minimum absolute atomic E-state index is 0.166. The fraction of sp³-hybridized carbons (Fsp3) is 0.480. The lowest BCUT2D eigenvalue weighted by atomic mass is 9.74. The van der Waals surface area contributed by atoms with Crippen LogP contribution in [0.2, 0.25) is 0 Å². The van der Waals surface area contributed by atoms with Gasteiger partial charge in [-0.15, -0.1) is 0 Å². The molecule has 156 valence electrons. The van der Waals surface area contributed by atoms with E-state index in [9.17, 15) is 4.79 Å². The fourth-order valence-corrected chi connectivity index (χ4v) is 4.22. The number of ether oxygens (including phenoxy) is 1. The number of nitrogens with one attached hydrogen (secondary N) is 1. The van der Waals surface area contributed by atoms with E-state index >= 15 is 0 Å². The van der Waals surface area contributed by atoms with Crippen LogP contribution in [0.3, 0.4) is 0 Å². The number of rotatable bonds is 7. The van der Waals surface area contributed by atoms with Gasteiger partial charge in [0.25, 0.3) is 0 Å². The Hall–Kier alpha value is -2.17. The highest BCUT2D eigenvalue weighted by Crippen LogP contribution is 2.36. The predicted molar refractivity (Wildman–Crippen MR) is 119 cm³/mol. The summed E-state index contributed by atoms with van der Waals surface area (Å²) in [6.45, 7) is 7.10. The number of hydrogen-bond donors (Lipinski definition) is 1. The van der Waals surface area contributed by atoms with E-state index in [2.05, 4.69) is 66.5 Å². The summed E-state index contributed by atoms with van der Waals surface area (Å²) in [5.41, 5.74) is 5.82. The minimum atomic E-state index is -0.383. The molecule has 0 saturated carbocycles. The Labute approximate surface area is 175 Å². The first kappa shape index (κ1) is 21.5. The lowest BCUT2D eigenvalue weighted by Gasteiger charge is -2.36. The van der Waals surface area contributed by atoms with E-state index in [1.165, 1.54) is 27.8 Å². The molecule has 1 N–H and O–H groups in total. The zero-order valence-electron chi connectivity index (χ0n) is 18.3. The first-order valence-electron chi connectivity index (χ1n) is 10.6. The Morgan fingerprint density at radius 1 is 1.03 bits per heavy atom. The van der Waals surface area contributed by atoms with Crippen molar-refractivity contribution >= 4 is 5.91 Å². The average Bonchev–Trinajstić information content (AvgIpc) is 2.68. The Morgan fingerprint density at radius 3 is 2.38 bits per heavy atom. The van der Waals surface area contributed by atoms with Crippen LogP contribution in [-0.4, -0.2) is 51.2 Å². The van der Waals surface area contributed by atoms with Crippen LogP contribution >= 0.6 is 0 Å². The van der Waals surface area contributed by atoms with Crippen molar-refractivity contribution in [1.82, 2.24) is 10.2 Å². The summed E-state index contributed by atoms with van der Waals surface area (Å²) in [6.07, 6.45) is 2.30. The summed E-state index contributed by atoms with van der Waals surface area (Å²) in [4.78, 5) is 15.3. The van der Waals surface area contributed by atoms with Gasteiger partial charge in [0.15, 0.2) is 0 Å². The monoisotopic (exact) mass is 394 g/mol. The third-order valence-electron chi connectivity index (χ3n) is 5.80. The molecule has 1 amide bonds. The van der Waals surface area contributed by atoms with Crippen molar-refractivity contribution in [1.29, 1.82) is 0 Å². The van der Waals surface area contributed by atoms with Crippen molar-refractivity contribution in [2.75, 3.05) is 40.4 Å². The Kier molecular flexibility index (Phi) is 7.09. The van der Waals surface area contributed by atoms with E-state index in [4.69, 9.17) is 4.74 Å². The molecule has 2 aromatic rings. The molecule has 1 saturated heterocycles. The van der Waals surface area contributed by atoms with Gasteiger partial charge in [-0.3, -0.25) is 4.79 Å². The van der Waals surface area contributed by atoms with E-state index in [0.717, 1.165) is 25.8 Å². The molecule has 1 aliphatic rings. The first-order valence-corrected chi connectivity index (χ1v) is 10.6. The summed E-state index contributed by atoms with van der Waals surface area (Å²) in [6, 6.07) is 15.3. The highest BCUT2D eigenvalue weighted by molar-refractivity contribution is 5.83. The Morgan fingerprint density at radius 2 is 1.72 bits per heavy atom. The normalized spacial score (nSPS) is 16.0. The van der Waals surface area contributed by atoms with Crippen LogP contribution in [0.4, 0.5) is 0 Å². The fourth-order valence-electron chi connectivity index (χ4n) is 4.22. The molecule has 29 heavy (non-hydrogen) atoms. The SMILES string of the molecule is Cc1cc(C)cc(-c2cccc(CC3(C(=O)NCCN(C)C)CCOCC3)c2)c1. The van der Waals surface area contributed by atoms with Gasteiger partial charge < -0.3 is 15.0 Å². The second-order valence-electron chi connectivity index (χ2n) is 8.71. The van der Waals surface area contributed by atoms with E-state index in [1.54, 1.807) is 0 Å². The maximum Gasteiger partial charge on any atom is 0.226 e. The number of hydrogen-bond acceptors (Lipinski definition) is 3. The minimum Gasteiger partial charge on any atom is -0.381 e. The maximum absolute atomic E-state index is 13.2. The average molecular weight is 395 g/mol. The quantitative estimate of drug-likeness (QED) is 0.772. The zero-order chi connectivity index (χ0) is 20.9. The van der Waals surface area contributed by atoms with Crippen molar-refractivity contribution in [2.24, 2.45) is 5.41 Å². The lowest BCUT2D eigenvalue weighted by molar-refractivity contribution is -0.136. The summed E-state index contributed by atoms with van der Waals surface area (Å²) in [5.74, 6) is 0.166. The molecule has 3 rings (SSSR count). The van der Waals surface area contributed by atoms with Gasteiger partial charge in [-0.1, -0.05) is 53.6 Å². The molecular weight excluding hydrogens is 360 g/mol. The van der Waals surface area contributed by atoms with Gasteiger partial charge in [0.2, 0.25) is 5.91 Å². The number of nitrogens with zero attached hydrogens (tertiary/aromatic N) is 1. The van der Waals surface area contributed by atoms with Crippen molar-refractivity contribution in [3.63, 3.8) is 0 Å². The molecule has 1 fully saturated rings. The Bertz CT molecular complexity index is 818. The second kappa shape index (κ2) is 9.55. The number of amides is 1. The van der Waals surface area contributed by atoms with Crippen molar-refractivity contribution < 1.29 is 9.53 Å². The van der Waals surface area contributed by atoms with Crippen LogP contribution < -0.4 is 5.32 Å².